The van der Waals surface area contributed by atoms with Gasteiger partial charge in [-0.05, 0) is 0 Å². The van der Waals surface area contributed by atoms with Crippen LogP contribution in [0.3, 0.4) is 0 Å². The van der Waals surface area contributed by atoms with Gasteiger partial charge in [-0.25, -0.2) is 0 Å². The predicted octanol–water partition coefficient (Wildman–Crippen LogP) is 2.77. The van der Waals surface area contributed by atoms with Gasteiger partial charge in [-0.15, -0.1) is 0 Å². The SMILES string of the molecule is CC([As])Oc1nc(N)nc(-c2ccco2)c1C#N.c1ccccc1. The predicted molar refractivity (Wildman–Crippen MR) is 91.1 cm³/mol. The van der Waals surface area contributed by atoms with Crippen LogP contribution >= 0.6 is 0 Å². The van der Waals surface area contributed by atoms with E-state index in [1.54, 1.807) is 12.1 Å². The number of nitrogens with two attached hydrogens (primary N) is 1. The summed E-state index contributed by atoms with van der Waals surface area (Å²) in [6, 6.07) is 17.4. The second kappa shape index (κ2) is 8.75. The molecule has 0 saturated carbocycles. The minimum Gasteiger partial charge on any atom is -0.0623 e. The number of hydrogen-bond acceptors (Lipinski definition) is 6. The Bertz CT molecular complexity index is 773. The molecule has 0 bridgehead atoms. The summed E-state index contributed by atoms with van der Waals surface area (Å²) in [7, 11) is 0. The molecule has 2 radical (unpaired) electrons. The minimum atomic E-state index is -0.177. The first-order chi connectivity index (χ1) is 11.6. The van der Waals surface area contributed by atoms with Gasteiger partial charge in [0.1, 0.15) is 0 Å². The molecule has 3 aromatic rings. The molecule has 120 valence electrons. The van der Waals surface area contributed by atoms with Crippen LogP contribution in [0.15, 0.2) is 59.2 Å². The van der Waals surface area contributed by atoms with E-state index in [2.05, 4.69) is 26.8 Å². The van der Waals surface area contributed by atoms with Gasteiger partial charge in [-0.3, -0.25) is 0 Å². The standard InChI is InChI=1S/C11H9AsN4O2.C6H6/c1-6(12)18-10-7(5-13)9(15-11(14)16-10)8-3-2-4-17-8;1-2-4-6-5-3-1/h2-4,6H,1H3,(H2,14,15,16);1-6H. The summed E-state index contributed by atoms with van der Waals surface area (Å²) < 4.78 is 10.7. The van der Waals surface area contributed by atoms with Crippen LogP contribution in [0.4, 0.5) is 5.95 Å². The van der Waals surface area contributed by atoms with Crippen molar-refractivity contribution in [2.45, 2.75) is 11.8 Å². The quantitative estimate of drug-likeness (QED) is 0.700. The summed E-state index contributed by atoms with van der Waals surface area (Å²) in [6.07, 6.45) is 1.49. The molecule has 1 aromatic carbocycles. The number of rotatable bonds is 3. The van der Waals surface area contributed by atoms with E-state index in [9.17, 15) is 5.26 Å². The van der Waals surface area contributed by atoms with Crippen molar-refractivity contribution in [3.05, 3.63) is 60.4 Å². The molecule has 1 atom stereocenters. The zero-order valence-electron chi connectivity index (χ0n) is 13.0. The Morgan fingerprint density at radius 3 is 2.25 bits per heavy atom. The Labute approximate surface area is 148 Å². The number of furan rings is 1. The summed E-state index contributed by atoms with van der Waals surface area (Å²) in [5, 5.41) is 9.20. The van der Waals surface area contributed by atoms with Crippen LogP contribution in [0.1, 0.15) is 12.5 Å². The van der Waals surface area contributed by atoms with E-state index in [1.807, 2.05) is 49.4 Å². The number of benzene rings is 1. The smallest absolute Gasteiger partial charge is 0.0623 e. The number of nitriles is 1. The third-order valence-corrected chi connectivity index (χ3v) is 2.93. The number of anilines is 1. The molecular formula is C17H15AsN4O2. The van der Waals surface area contributed by atoms with E-state index < -0.39 is 0 Å². The van der Waals surface area contributed by atoms with Gasteiger partial charge in [-0.2, -0.15) is 0 Å². The molecule has 6 nitrogen and oxygen atoms in total. The molecule has 3 rings (SSSR count). The van der Waals surface area contributed by atoms with Gasteiger partial charge in [0.15, 0.2) is 0 Å². The third kappa shape index (κ3) is 4.87. The molecule has 0 aliphatic carbocycles. The van der Waals surface area contributed by atoms with E-state index in [0.717, 1.165) is 0 Å². The Kier molecular flexibility index (Phi) is 6.41. The van der Waals surface area contributed by atoms with Gasteiger partial charge in [-0.1, -0.05) is 36.4 Å². The Hall–Kier alpha value is -2.77. The van der Waals surface area contributed by atoms with Crippen molar-refractivity contribution < 1.29 is 9.15 Å². The van der Waals surface area contributed by atoms with Gasteiger partial charge >= 0.3 is 112 Å². The normalized spacial score (nSPS) is 10.9. The average molecular weight is 382 g/mol. The van der Waals surface area contributed by atoms with Crippen LogP contribution in [-0.2, 0) is 0 Å². The van der Waals surface area contributed by atoms with Crippen molar-refractivity contribution >= 4 is 22.8 Å². The summed E-state index contributed by atoms with van der Waals surface area (Å²) in [4.78, 5) is 7.77. The summed E-state index contributed by atoms with van der Waals surface area (Å²) in [6.45, 7) is 1.81. The molecule has 0 saturated heterocycles. The second-order valence-electron chi connectivity index (χ2n) is 4.57. The first-order valence-electron chi connectivity index (χ1n) is 7.08. The van der Waals surface area contributed by atoms with Gasteiger partial charge < -0.3 is 0 Å². The number of ether oxygens (including phenoxy) is 1. The number of nitrogen functional groups attached to an aromatic ring is 1. The van der Waals surface area contributed by atoms with E-state index in [4.69, 9.17) is 14.9 Å². The Morgan fingerprint density at radius 1 is 1.17 bits per heavy atom. The van der Waals surface area contributed by atoms with E-state index in [1.165, 1.54) is 6.26 Å². The molecule has 2 N–H and O–H groups in total. The van der Waals surface area contributed by atoms with Crippen molar-refractivity contribution in [3.8, 4) is 23.4 Å². The minimum absolute atomic E-state index is 0.0311. The van der Waals surface area contributed by atoms with Crippen molar-refractivity contribution in [1.29, 1.82) is 5.26 Å². The van der Waals surface area contributed by atoms with Gasteiger partial charge in [0, 0.05) is 0 Å². The maximum atomic E-state index is 9.20. The first-order valence-corrected chi connectivity index (χ1v) is 8.16. The molecule has 0 aliphatic heterocycles. The van der Waals surface area contributed by atoms with Crippen LogP contribution in [0, 0.1) is 11.3 Å². The number of nitrogens with zero attached hydrogens (tertiary/aromatic N) is 3. The summed E-state index contributed by atoms with van der Waals surface area (Å²) in [5.74, 6) is 0.636. The van der Waals surface area contributed by atoms with Crippen LogP contribution in [0.5, 0.6) is 5.88 Å². The maximum absolute atomic E-state index is 9.20. The molecule has 0 aliphatic rings. The zero-order valence-corrected chi connectivity index (χ0v) is 14.8. The molecule has 0 amide bonds. The Balaban J connectivity index is 0.000000292. The summed E-state index contributed by atoms with van der Waals surface area (Å²) >= 11 is 2.30. The molecule has 2 heterocycles. The largest absolute Gasteiger partial charge is 0.0623 e. The van der Waals surface area contributed by atoms with Crippen molar-refractivity contribution in [2.24, 2.45) is 0 Å². The average Bonchev–Trinajstić information content (AvgIpc) is 3.10. The summed E-state index contributed by atoms with van der Waals surface area (Å²) in [5.41, 5.74) is 6.14. The van der Waals surface area contributed by atoms with Crippen LogP contribution in [0.2, 0.25) is 0 Å². The number of hydrogen-bond donors (Lipinski definition) is 1. The monoisotopic (exact) mass is 382 g/mol. The molecular weight excluding hydrogens is 367 g/mol. The fourth-order valence-electron chi connectivity index (χ4n) is 1.78. The van der Waals surface area contributed by atoms with Crippen LogP contribution in [0.25, 0.3) is 11.5 Å². The first kappa shape index (κ1) is 17.6. The van der Waals surface area contributed by atoms with E-state index in [0.29, 0.717) is 11.5 Å². The molecule has 1 unspecified atom stereocenters. The second-order valence-corrected chi connectivity index (χ2v) is 6.10. The van der Waals surface area contributed by atoms with Gasteiger partial charge in [0.25, 0.3) is 0 Å². The zero-order chi connectivity index (χ0) is 17.4. The fraction of sp³-hybridized carbons (Fsp3) is 0.118. The molecule has 2 aromatic heterocycles. The maximum Gasteiger partial charge on any atom is -0.0623 e. The van der Waals surface area contributed by atoms with Gasteiger partial charge in [0.05, 0.1) is 0 Å². The molecule has 0 fully saturated rings. The van der Waals surface area contributed by atoms with Crippen LogP contribution < -0.4 is 10.5 Å². The van der Waals surface area contributed by atoms with Gasteiger partial charge in [0.2, 0.25) is 0 Å². The van der Waals surface area contributed by atoms with Crippen LogP contribution in [-0.4, -0.2) is 31.7 Å². The van der Waals surface area contributed by atoms with Crippen molar-refractivity contribution in [1.82, 2.24) is 9.97 Å². The fourth-order valence-corrected chi connectivity index (χ4v) is 1.99. The third-order valence-electron chi connectivity index (χ3n) is 2.71. The molecule has 0 spiro atoms. The van der Waals surface area contributed by atoms with Crippen molar-refractivity contribution in [2.75, 3.05) is 5.73 Å². The van der Waals surface area contributed by atoms with E-state index >= 15 is 0 Å². The topological polar surface area (TPSA) is 98.0 Å². The molecule has 7 heteroatoms. The molecule has 24 heavy (non-hydrogen) atoms. The van der Waals surface area contributed by atoms with E-state index in [-0.39, 0.29) is 22.3 Å². The number of aromatic nitrogens is 2. The Morgan fingerprint density at radius 2 is 1.79 bits per heavy atom. The van der Waals surface area contributed by atoms with Crippen molar-refractivity contribution in [3.63, 3.8) is 0 Å².